The summed E-state index contributed by atoms with van der Waals surface area (Å²) in [5.41, 5.74) is 5.08. The second-order valence-electron chi connectivity index (χ2n) is 7.80. The summed E-state index contributed by atoms with van der Waals surface area (Å²) in [5, 5.41) is 7.75. The molecule has 0 aliphatic carbocycles. The van der Waals surface area contributed by atoms with Crippen LogP contribution in [0.2, 0.25) is 0 Å². The van der Waals surface area contributed by atoms with Gasteiger partial charge in [0.05, 0.1) is 0 Å². The maximum atomic E-state index is 2.36. The van der Waals surface area contributed by atoms with Crippen LogP contribution >= 0.6 is 0 Å². The van der Waals surface area contributed by atoms with Gasteiger partial charge in [0.25, 0.3) is 0 Å². The van der Waals surface area contributed by atoms with Crippen molar-refractivity contribution in [2.45, 2.75) is 0 Å². The van der Waals surface area contributed by atoms with E-state index >= 15 is 0 Å². The summed E-state index contributed by atoms with van der Waals surface area (Å²) in [4.78, 5) is 0. The molecule has 0 amide bonds. The van der Waals surface area contributed by atoms with Gasteiger partial charge in [0.2, 0.25) is 0 Å². The fourth-order valence-corrected chi connectivity index (χ4v) is 4.60. The van der Waals surface area contributed by atoms with Crippen molar-refractivity contribution in [3.8, 4) is 22.3 Å². The molecule has 30 heavy (non-hydrogen) atoms. The monoisotopic (exact) mass is 380 g/mol. The minimum absolute atomic E-state index is 1.25. The van der Waals surface area contributed by atoms with Crippen molar-refractivity contribution in [2.24, 2.45) is 0 Å². The molecule has 0 bridgehead atoms. The van der Waals surface area contributed by atoms with Crippen LogP contribution in [-0.2, 0) is 0 Å². The minimum Gasteiger partial charge on any atom is -0.0622 e. The molecule has 0 unspecified atom stereocenters. The number of fused-ring (bicyclic) bond motifs is 4. The number of hydrogen-bond acceptors (Lipinski definition) is 0. The van der Waals surface area contributed by atoms with E-state index in [9.17, 15) is 0 Å². The summed E-state index contributed by atoms with van der Waals surface area (Å²) in [6.45, 7) is 0. The molecular weight excluding hydrogens is 360 g/mol. The number of benzene rings is 6. The van der Waals surface area contributed by atoms with Gasteiger partial charge < -0.3 is 0 Å². The summed E-state index contributed by atoms with van der Waals surface area (Å²) in [6, 6.07) is 43.8. The molecule has 0 saturated heterocycles. The van der Waals surface area contributed by atoms with E-state index in [2.05, 4.69) is 121 Å². The van der Waals surface area contributed by atoms with E-state index < -0.39 is 0 Å². The number of hydrogen-bond donors (Lipinski definition) is 0. The molecule has 0 aliphatic heterocycles. The first kappa shape index (κ1) is 17.0. The van der Waals surface area contributed by atoms with E-state index in [1.165, 1.54) is 54.6 Å². The maximum absolute atomic E-state index is 2.36. The number of rotatable bonds is 2. The maximum Gasteiger partial charge on any atom is -0.00203 e. The molecule has 0 spiro atoms. The van der Waals surface area contributed by atoms with Crippen molar-refractivity contribution in [3.63, 3.8) is 0 Å². The predicted molar refractivity (Wildman–Crippen MR) is 130 cm³/mol. The molecule has 6 rings (SSSR count). The van der Waals surface area contributed by atoms with Crippen molar-refractivity contribution in [2.75, 3.05) is 0 Å². The average molecular weight is 380 g/mol. The predicted octanol–water partition coefficient (Wildman–Crippen LogP) is 8.48. The Morgan fingerprint density at radius 3 is 1.67 bits per heavy atom. The highest BCUT2D eigenvalue weighted by atomic mass is 14.2. The van der Waals surface area contributed by atoms with E-state index in [1.54, 1.807) is 0 Å². The molecule has 0 aromatic heterocycles. The third kappa shape index (κ3) is 2.69. The highest BCUT2D eigenvalue weighted by Gasteiger charge is 2.14. The van der Waals surface area contributed by atoms with Crippen molar-refractivity contribution in [1.82, 2.24) is 0 Å². The zero-order valence-electron chi connectivity index (χ0n) is 16.5. The minimum atomic E-state index is 1.25. The third-order valence-corrected chi connectivity index (χ3v) is 6.01. The quantitative estimate of drug-likeness (QED) is 0.209. The van der Waals surface area contributed by atoms with Crippen LogP contribution in [0.1, 0.15) is 0 Å². The summed E-state index contributed by atoms with van der Waals surface area (Å²) >= 11 is 0. The SMILES string of the molecule is c1ccc(-c2ccc3ccc4cc5ccccc5cc4c3c2-c2ccccc2)cc1. The molecule has 0 N–H and O–H groups in total. The average Bonchev–Trinajstić information content (AvgIpc) is 2.83. The Morgan fingerprint density at radius 2 is 0.933 bits per heavy atom. The molecule has 0 aliphatic rings. The van der Waals surface area contributed by atoms with Gasteiger partial charge in [-0.1, -0.05) is 109 Å². The smallest absolute Gasteiger partial charge is 0.00203 e. The van der Waals surface area contributed by atoms with Crippen LogP contribution in [0.5, 0.6) is 0 Å². The first-order chi connectivity index (χ1) is 14.9. The Bertz CT molecular complexity index is 1510. The Labute approximate surface area is 176 Å². The first-order valence-electron chi connectivity index (χ1n) is 10.4. The molecule has 140 valence electrons. The van der Waals surface area contributed by atoms with Crippen LogP contribution in [0.15, 0.2) is 121 Å². The van der Waals surface area contributed by atoms with Crippen LogP contribution in [0, 0.1) is 0 Å². The molecule has 0 fully saturated rings. The van der Waals surface area contributed by atoms with Gasteiger partial charge in [-0.15, -0.1) is 0 Å². The van der Waals surface area contributed by atoms with E-state index in [0.717, 1.165) is 0 Å². The van der Waals surface area contributed by atoms with Gasteiger partial charge in [0.1, 0.15) is 0 Å². The Kier molecular flexibility index (Phi) is 3.89. The van der Waals surface area contributed by atoms with Gasteiger partial charge in [-0.05, 0) is 66.7 Å². The van der Waals surface area contributed by atoms with E-state index in [-0.39, 0.29) is 0 Å². The van der Waals surface area contributed by atoms with Crippen molar-refractivity contribution in [1.29, 1.82) is 0 Å². The molecule has 0 nitrogen and oxygen atoms in total. The fourth-order valence-electron chi connectivity index (χ4n) is 4.60. The molecule has 0 radical (unpaired) electrons. The van der Waals surface area contributed by atoms with Crippen LogP contribution in [-0.4, -0.2) is 0 Å². The largest absolute Gasteiger partial charge is 0.0622 e. The Balaban J connectivity index is 1.82. The lowest BCUT2D eigenvalue weighted by molar-refractivity contribution is 1.61. The summed E-state index contributed by atoms with van der Waals surface area (Å²) < 4.78 is 0. The lowest BCUT2D eigenvalue weighted by Crippen LogP contribution is -1.89. The van der Waals surface area contributed by atoms with Crippen LogP contribution in [0.4, 0.5) is 0 Å². The topological polar surface area (TPSA) is 0 Å². The van der Waals surface area contributed by atoms with Gasteiger partial charge in [0, 0.05) is 0 Å². The van der Waals surface area contributed by atoms with E-state index in [1.807, 2.05) is 0 Å². The van der Waals surface area contributed by atoms with E-state index in [4.69, 9.17) is 0 Å². The van der Waals surface area contributed by atoms with Crippen LogP contribution in [0.3, 0.4) is 0 Å². The normalized spacial score (nSPS) is 11.3. The Hall–Kier alpha value is -3.90. The van der Waals surface area contributed by atoms with Crippen molar-refractivity contribution in [3.05, 3.63) is 121 Å². The molecule has 0 saturated carbocycles. The van der Waals surface area contributed by atoms with E-state index in [0.29, 0.717) is 0 Å². The summed E-state index contributed by atoms with van der Waals surface area (Å²) in [5.74, 6) is 0. The standard InChI is InChI=1S/C30H20/c1-3-9-21(10-4-1)27-18-17-23-15-16-26-19-24-13-7-8-14-25(24)20-28(26)30(23)29(27)22-11-5-2-6-12-22/h1-20H. The Morgan fingerprint density at radius 1 is 0.367 bits per heavy atom. The summed E-state index contributed by atoms with van der Waals surface area (Å²) in [7, 11) is 0. The molecule has 6 aromatic carbocycles. The zero-order chi connectivity index (χ0) is 19.9. The lowest BCUT2D eigenvalue weighted by atomic mass is 9.87. The molecule has 0 heterocycles. The molecule has 6 aromatic rings. The van der Waals surface area contributed by atoms with Crippen LogP contribution in [0.25, 0.3) is 54.6 Å². The zero-order valence-corrected chi connectivity index (χ0v) is 16.5. The first-order valence-corrected chi connectivity index (χ1v) is 10.4. The van der Waals surface area contributed by atoms with Crippen LogP contribution < -0.4 is 0 Å². The highest BCUT2D eigenvalue weighted by molar-refractivity contribution is 6.19. The lowest BCUT2D eigenvalue weighted by Gasteiger charge is -2.16. The van der Waals surface area contributed by atoms with Gasteiger partial charge in [-0.25, -0.2) is 0 Å². The van der Waals surface area contributed by atoms with Gasteiger partial charge in [0.15, 0.2) is 0 Å². The van der Waals surface area contributed by atoms with Gasteiger partial charge >= 0.3 is 0 Å². The second kappa shape index (κ2) is 6.86. The fraction of sp³-hybridized carbons (Fsp3) is 0. The molecular formula is C30H20. The third-order valence-electron chi connectivity index (χ3n) is 6.01. The van der Waals surface area contributed by atoms with Gasteiger partial charge in [-0.3, -0.25) is 0 Å². The summed E-state index contributed by atoms with van der Waals surface area (Å²) in [6.07, 6.45) is 0. The second-order valence-corrected chi connectivity index (χ2v) is 7.80. The molecule has 0 heteroatoms. The van der Waals surface area contributed by atoms with Crippen molar-refractivity contribution < 1.29 is 0 Å². The molecule has 0 atom stereocenters. The highest BCUT2D eigenvalue weighted by Crippen LogP contribution is 2.42. The van der Waals surface area contributed by atoms with Crippen molar-refractivity contribution >= 4 is 32.3 Å². The van der Waals surface area contributed by atoms with Gasteiger partial charge in [-0.2, -0.15) is 0 Å².